The van der Waals surface area contributed by atoms with Crippen molar-refractivity contribution in [2.45, 2.75) is 0 Å². The van der Waals surface area contributed by atoms with Crippen molar-refractivity contribution in [2.24, 2.45) is 0 Å². The number of hydrogen-bond acceptors (Lipinski definition) is 5. The third kappa shape index (κ3) is 4.98. The van der Waals surface area contributed by atoms with Crippen molar-refractivity contribution in [2.75, 3.05) is 37.8 Å². The molecule has 0 aliphatic heterocycles. The zero-order valence-corrected chi connectivity index (χ0v) is 13.3. The number of amides is 1. The molecule has 116 valence electrons. The summed E-state index contributed by atoms with van der Waals surface area (Å²) >= 11 is 5.87. The van der Waals surface area contributed by atoms with Crippen molar-refractivity contribution in [3.05, 3.63) is 47.4 Å². The van der Waals surface area contributed by atoms with Gasteiger partial charge in [0.05, 0.1) is 12.4 Å². The molecule has 1 aromatic carbocycles. The van der Waals surface area contributed by atoms with E-state index in [4.69, 9.17) is 11.6 Å². The number of rotatable bonds is 6. The van der Waals surface area contributed by atoms with E-state index in [2.05, 4.69) is 25.5 Å². The number of carbonyl (C=O) groups is 1. The van der Waals surface area contributed by atoms with Gasteiger partial charge in [-0.05, 0) is 32.3 Å². The van der Waals surface area contributed by atoms with Crippen molar-refractivity contribution in [1.82, 2.24) is 14.9 Å². The topological polar surface area (TPSA) is 70.2 Å². The third-order valence-electron chi connectivity index (χ3n) is 2.83. The van der Waals surface area contributed by atoms with Gasteiger partial charge in [-0.3, -0.25) is 4.79 Å². The SMILES string of the molecule is CN(C)CCNc1cnc(C(=O)Nc2cccc(Cl)c2)cn1. The molecule has 2 N–H and O–H groups in total. The Morgan fingerprint density at radius 2 is 2.09 bits per heavy atom. The highest BCUT2D eigenvalue weighted by molar-refractivity contribution is 6.30. The molecule has 0 radical (unpaired) electrons. The molecule has 0 aliphatic rings. The van der Waals surface area contributed by atoms with Crippen LogP contribution in [0.4, 0.5) is 11.5 Å². The fourth-order valence-corrected chi connectivity index (χ4v) is 1.90. The average molecular weight is 320 g/mol. The third-order valence-corrected chi connectivity index (χ3v) is 3.07. The van der Waals surface area contributed by atoms with E-state index in [1.54, 1.807) is 30.5 Å². The summed E-state index contributed by atoms with van der Waals surface area (Å²) < 4.78 is 0. The first kappa shape index (κ1) is 16.2. The van der Waals surface area contributed by atoms with E-state index in [1.807, 2.05) is 14.1 Å². The molecule has 0 bridgehead atoms. The lowest BCUT2D eigenvalue weighted by molar-refractivity contribution is 0.102. The summed E-state index contributed by atoms with van der Waals surface area (Å²) in [5.74, 6) is 0.316. The Kier molecular flexibility index (Phi) is 5.68. The van der Waals surface area contributed by atoms with E-state index in [9.17, 15) is 4.79 Å². The predicted molar refractivity (Wildman–Crippen MR) is 88.5 cm³/mol. The van der Waals surface area contributed by atoms with Crippen LogP contribution in [0.5, 0.6) is 0 Å². The highest BCUT2D eigenvalue weighted by Crippen LogP contribution is 2.15. The standard InChI is InChI=1S/C15H18ClN5O/c1-21(2)7-6-17-14-10-18-13(9-19-14)15(22)20-12-5-3-4-11(16)8-12/h3-5,8-10H,6-7H2,1-2H3,(H,17,19)(H,20,22). The molecule has 0 unspecified atom stereocenters. The zero-order chi connectivity index (χ0) is 15.9. The molecule has 0 fully saturated rings. The number of aromatic nitrogens is 2. The Balaban J connectivity index is 1.93. The molecule has 22 heavy (non-hydrogen) atoms. The summed E-state index contributed by atoms with van der Waals surface area (Å²) in [7, 11) is 3.99. The van der Waals surface area contributed by atoms with Gasteiger partial charge in [-0.25, -0.2) is 9.97 Å². The molecule has 0 spiro atoms. The van der Waals surface area contributed by atoms with Gasteiger partial charge < -0.3 is 15.5 Å². The molecule has 7 heteroatoms. The lowest BCUT2D eigenvalue weighted by Gasteiger charge is -2.10. The summed E-state index contributed by atoms with van der Waals surface area (Å²) in [6.45, 7) is 1.65. The van der Waals surface area contributed by atoms with Crippen LogP contribution < -0.4 is 10.6 Å². The summed E-state index contributed by atoms with van der Waals surface area (Å²) in [6.07, 6.45) is 2.99. The minimum Gasteiger partial charge on any atom is -0.368 e. The quantitative estimate of drug-likeness (QED) is 0.855. The first-order valence-electron chi connectivity index (χ1n) is 6.82. The molecule has 0 atom stereocenters. The van der Waals surface area contributed by atoms with E-state index >= 15 is 0 Å². The van der Waals surface area contributed by atoms with Crippen LogP contribution >= 0.6 is 11.6 Å². The molecule has 1 heterocycles. The molecule has 1 amide bonds. The highest BCUT2D eigenvalue weighted by atomic mass is 35.5. The van der Waals surface area contributed by atoms with Gasteiger partial charge in [-0.1, -0.05) is 17.7 Å². The van der Waals surface area contributed by atoms with Crippen LogP contribution in [0.1, 0.15) is 10.5 Å². The van der Waals surface area contributed by atoms with Crippen LogP contribution in [-0.4, -0.2) is 48.0 Å². The smallest absolute Gasteiger partial charge is 0.275 e. The van der Waals surface area contributed by atoms with Crippen LogP contribution in [-0.2, 0) is 0 Å². The first-order valence-corrected chi connectivity index (χ1v) is 7.20. The van der Waals surface area contributed by atoms with Gasteiger partial charge in [-0.15, -0.1) is 0 Å². The second kappa shape index (κ2) is 7.72. The Hall–Kier alpha value is -2.18. The first-order chi connectivity index (χ1) is 10.5. The molecule has 0 aliphatic carbocycles. The fraction of sp³-hybridized carbons (Fsp3) is 0.267. The minimum absolute atomic E-state index is 0.248. The normalized spacial score (nSPS) is 10.5. The Morgan fingerprint density at radius 3 is 2.73 bits per heavy atom. The number of anilines is 2. The van der Waals surface area contributed by atoms with Gasteiger partial charge in [0.15, 0.2) is 0 Å². The van der Waals surface area contributed by atoms with E-state index in [0.29, 0.717) is 16.5 Å². The molecule has 0 saturated heterocycles. The fourth-order valence-electron chi connectivity index (χ4n) is 1.71. The maximum atomic E-state index is 12.1. The number of nitrogens with zero attached hydrogens (tertiary/aromatic N) is 3. The minimum atomic E-state index is -0.324. The molecule has 2 aromatic rings. The summed E-state index contributed by atoms with van der Waals surface area (Å²) in [5, 5.41) is 6.42. The highest BCUT2D eigenvalue weighted by Gasteiger charge is 2.08. The van der Waals surface area contributed by atoms with E-state index in [0.717, 1.165) is 13.1 Å². The second-order valence-corrected chi connectivity index (χ2v) is 5.42. The van der Waals surface area contributed by atoms with Gasteiger partial charge in [0.25, 0.3) is 5.91 Å². The number of carbonyl (C=O) groups excluding carboxylic acids is 1. The van der Waals surface area contributed by atoms with Crippen LogP contribution in [0.3, 0.4) is 0 Å². The number of benzene rings is 1. The predicted octanol–water partition coefficient (Wildman–Crippen LogP) is 2.36. The van der Waals surface area contributed by atoms with E-state index in [-0.39, 0.29) is 11.6 Å². The van der Waals surface area contributed by atoms with Crippen molar-refractivity contribution in [3.63, 3.8) is 0 Å². The largest absolute Gasteiger partial charge is 0.368 e. The maximum absolute atomic E-state index is 12.1. The average Bonchev–Trinajstić information content (AvgIpc) is 2.47. The van der Waals surface area contributed by atoms with Gasteiger partial charge in [0.2, 0.25) is 0 Å². The van der Waals surface area contributed by atoms with Crippen molar-refractivity contribution < 1.29 is 4.79 Å². The van der Waals surface area contributed by atoms with Crippen LogP contribution in [0, 0.1) is 0 Å². The van der Waals surface area contributed by atoms with Gasteiger partial charge >= 0.3 is 0 Å². The summed E-state index contributed by atoms with van der Waals surface area (Å²) in [6, 6.07) is 6.94. The molecular formula is C15H18ClN5O. The number of likely N-dealkylation sites (N-methyl/N-ethyl adjacent to an activating group) is 1. The molecule has 0 saturated carbocycles. The van der Waals surface area contributed by atoms with E-state index in [1.165, 1.54) is 6.20 Å². The number of nitrogens with one attached hydrogen (secondary N) is 2. The van der Waals surface area contributed by atoms with Crippen molar-refractivity contribution in [1.29, 1.82) is 0 Å². The lowest BCUT2D eigenvalue weighted by Crippen LogP contribution is -2.21. The van der Waals surface area contributed by atoms with Crippen molar-refractivity contribution >= 4 is 29.0 Å². The molecule has 2 rings (SSSR count). The maximum Gasteiger partial charge on any atom is 0.275 e. The Morgan fingerprint density at radius 1 is 1.27 bits per heavy atom. The second-order valence-electron chi connectivity index (χ2n) is 4.98. The molecule has 1 aromatic heterocycles. The van der Waals surface area contributed by atoms with E-state index < -0.39 is 0 Å². The number of hydrogen-bond donors (Lipinski definition) is 2. The van der Waals surface area contributed by atoms with Gasteiger partial charge in [0, 0.05) is 23.8 Å². The van der Waals surface area contributed by atoms with Crippen LogP contribution in [0.2, 0.25) is 5.02 Å². The Labute approximate surface area is 134 Å². The summed E-state index contributed by atoms with van der Waals surface area (Å²) in [5.41, 5.74) is 0.866. The monoisotopic (exact) mass is 319 g/mol. The zero-order valence-electron chi connectivity index (χ0n) is 12.5. The Bertz CT molecular complexity index is 630. The summed E-state index contributed by atoms with van der Waals surface area (Å²) in [4.78, 5) is 22.4. The van der Waals surface area contributed by atoms with Gasteiger partial charge in [-0.2, -0.15) is 0 Å². The van der Waals surface area contributed by atoms with Crippen LogP contribution in [0.15, 0.2) is 36.7 Å². The number of halogens is 1. The lowest BCUT2D eigenvalue weighted by atomic mass is 10.3. The van der Waals surface area contributed by atoms with Crippen LogP contribution in [0.25, 0.3) is 0 Å². The molecule has 6 nitrogen and oxygen atoms in total. The van der Waals surface area contributed by atoms with Crippen molar-refractivity contribution in [3.8, 4) is 0 Å². The van der Waals surface area contributed by atoms with Gasteiger partial charge in [0.1, 0.15) is 11.5 Å². The molecular weight excluding hydrogens is 302 g/mol.